The van der Waals surface area contributed by atoms with Crippen LogP contribution in [0.1, 0.15) is 24.5 Å². The number of benzene rings is 2. The van der Waals surface area contributed by atoms with Crippen LogP contribution in [0, 0.1) is 6.92 Å². The van der Waals surface area contributed by atoms with E-state index in [9.17, 15) is 9.59 Å². The van der Waals surface area contributed by atoms with Gasteiger partial charge in [0, 0.05) is 11.6 Å². The summed E-state index contributed by atoms with van der Waals surface area (Å²) in [7, 11) is 0. The van der Waals surface area contributed by atoms with Crippen molar-refractivity contribution in [2.75, 3.05) is 6.61 Å². The summed E-state index contributed by atoms with van der Waals surface area (Å²) in [6.45, 7) is 3.96. The predicted molar refractivity (Wildman–Crippen MR) is 100 cm³/mol. The molecule has 0 aliphatic carbocycles. The highest BCUT2D eigenvalue weighted by atomic mass is 35.5. The Bertz CT molecular complexity index is 763. The lowest BCUT2D eigenvalue weighted by Crippen LogP contribution is -2.35. The number of ether oxygens (including phenoxy) is 2. The first-order chi connectivity index (χ1) is 12.5. The molecule has 1 amide bonds. The topological polar surface area (TPSA) is 64.6 Å². The van der Waals surface area contributed by atoms with E-state index < -0.39 is 12.1 Å². The van der Waals surface area contributed by atoms with Gasteiger partial charge in [-0.3, -0.25) is 9.59 Å². The molecule has 1 N–H and O–H groups in total. The van der Waals surface area contributed by atoms with Gasteiger partial charge in [-0.1, -0.05) is 41.9 Å². The van der Waals surface area contributed by atoms with Crippen LogP contribution in [0.15, 0.2) is 48.5 Å². The van der Waals surface area contributed by atoms with E-state index >= 15 is 0 Å². The zero-order valence-electron chi connectivity index (χ0n) is 14.8. The molecule has 0 spiro atoms. The Labute approximate surface area is 158 Å². The first-order valence-corrected chi connectivity index (χ1v) is 8.73. The Morgan fingerprint density at radius 3 is 2.65 bits per heavy atom. The summed E-state index contributed by atoms with van der Waals surface area (Å²) in [5, 5.41) is 3.28. The number of hydrogen-bond acceptors (Lipinski definition) is 4. The summed E-state index contributed by atoms with van der Waals surface area (Å²) in [5.74, 6) is -0.167. The number of aryl methyl sites for hydroxylation is 1. The smallest absolute Gasteiger partial charge is 0.310 e. The SMILES string of the molecule is Cc1cccc(OCCC(=O)O[C@@H](C)C(=O)NCc2ccccc2Cl)c1. The van der Waals surface area contributed by atoms with Gasteiger partial charge in [0.15, 0.2) is 6.10 Å². The monoisotopic (exact) mass is 375 g/mol. The summed E-state index contributed by atoms with van der Waals surface area (Å²) in [5.41, 5.74) is 1.88. The molecule has 2 aromatic rings. The van der Waals surface area contributed by atoms with Gasteiger partial charge < -0.3 is 14.8 Å². The van der Waals surface area contributed by atoms with Gasteiger partial charge in [0.2, 0.25) is 0 Å². The second-order valence-corrected chi connectivity index (χ2v) is 6.26. The highest BCUT2D eigenvalue weighted by Gasteiger charge is 2.17. The number of amides is 1. The van der Waals surface area contributed by atoms with Crippen LogP contribution in [0.2, 0.25) is 5.02 Å². The Morgan fingerprint density at radius 2 is 1.92 bits per heavy atom. The molecule has 138 valence electrons. The first kappa shape index (κ1) is 19.8. The van der Waals surface area contributed by atoms with Crippen molar-refractivity contribution in [1.29, 1.82) is 0 Å². The average molecular weight is 376 g/mol. The molecule has 0 aliphatic rings. The van der Waals surface area contributed by atoms with Crippen LogP contribution < -0.4 is 10.1 Å². The van der Waals surface area contributed by atoms with Crippen molar-refractivity contribution in [1.82, 2.24) is 5.32 Å². The molecule has 0 fully saturated rings. The van der Waals surface area contributed by atoms with E-state index in [4.69, 9.17) is 21.1 Å². The molecule has 2 rings (SSSR count). The number of rotatable bonds is 8. The fourth-order valence-corrected chi connectivity index (χ4v) is 2.44. The summed E-state index contributed by atoms with van der Waals surface area (Å²) < 4.78 is 10.6. The zero-order valence-corrected chi connectivity index (χ0v) is 15.6. The molecule has 0 unspecified atom stereocenters. The number of carbonyl (C=O) groups is 2. The number of nitrogens with one attached hydrogen (secondary N) is 1. The van der Waals surface area contributed by atoms with Gasteiger partial charge in [0.25, 0.3) is 5.91 Å². The molecule has 2 aromatic carbocycles. The van der Waals surface area contributed by atoms with Crippen LogP contribution in [0.4, 0.5) is 0 Å². The van der Waals surface area contributed by atoms with Gasteiger partial charge in [-0.2, -0.15) is 0 Å². The zero-order chi connectivity index (χ0) is 18.9. The van der Waals surface area contributed by atoms with Gasteiger partial charge in [-0.05, 0) is 43.2 Å². The molecule has 0 saturated carbocycles. The molecule has 6 heteroatoms. The Morgan fingerprint density at radius 1 is 1.15 bits per heavy atom. The minimum atomic E-state index is -0.885. The normalized spacial score (nSPS) is 11.5. The van der Waals surface area contributed by atoms with Crippen molar-refractivity contribution in [2.24, 2.45) is 0 Å². The predicted octanol–water partition coefficient (Wildman–Crippen LogP) is 3.67. The standard InChI is InChI=1S/C20H22ClNO4/c1-14-6-5-8-17(12-14)25-11-10-19(23)26-15(2)20(24)22-13-16-7-3-4-9-18(16)21/h3-9,12,15H,10-11,13H2,1-2H3,(H,22,24)/t15-/m0/s1. The van der Waals surface area contributed by atoms with Crippen molar-refractivity contribution < 1.29 is 19.1 Å². The van der Waals surface area contributed by atoms with Crippen molar-refractivity contribution in [3.05, 3.63) is 64.7 Å². The van der Waals surface area contributed by atoms with E-state index in [0.29, 0.717) is 10.8 Å². The third-order valence-electron chi connectivity index (χ3n) is 3.65. The van der Waals surface area contributed by atoms with Gasteiger partial charge >= 0.3 is 5.97 Å². The number of esters is 1. The van der Waals surface area contributed by atoms with Gasteiger partial charge in [0.1, 0.15) is 5.75 Å². The Balaban J connectivity index is 1.70. The maximum atomic E-state index is 12.0. The maximum Gasteiger partial charge on any atom is 0.310 e. The van der Waals surface area contributed by atoms with Crippen LogP contribution in [-0.4, -0.2) is 24.6 Å². The van der Waals surface area contributed by atoms with E-state index in [-0.39, 0.29) is 25.5 Å². The third kappa shape index (κ3) is 6.41. The summed E-state index contributed by atoms with van der Waals surface area (Å²) in [4.78, 5) is 23.9. The Kier molecular flexibility index (Phi) is 7.48. The molecule has 0 saturated heterocycles. The summed E-state index contributed by atoms with van der Waals surface area (Å²) >= 11 is 6.04. The van der Waals surface area contributed by atoms with E-state index in [1.165, 1.54) is 6.92 Å². The minimum Gasteiger partial charge on any atom is -0.493 e. The van der Waals surface area contributed by atoms with Crippen LogP contribution in [-0.2, 0) is 20.9 Å². The van der Waals surface area contributed by atoms with Crippen molar-refractivity contribution in [3.8, 4) is 5.75 Å². The van der Waals surface area contributed by atoms with Crippen LogP contribution in [0.5, 0.6) is 5.75 Å². The van der Waals surface area contributed by atoms with E-state index in [2.05, 4.69) is 5.32 Å². The highest BCUT2D eigenvalue weighted by molar-refractivity contribution is 6.31. The molecule has 0 aliphatic heterocycles. The molecule has 5 nitrogen and oxygen atoms in total. The first-order valence-electron chi connectivity index (χ1n) is 8.36. The van der Waals surface area contributed by atoms with Gasteiger partial charge in [0.05, 0.1) is 13.0 Å². The second kappa shape index (κ2) is 9.82. The number of hydrogen-bond donors (Lipinski definition) is 1. The quantitative estimate of drug-likeness (QED) is 0.715. The van der Waals surface area contributed by atoms with Crippen LogP contribution >= 0.6 is 11.6 Å². The fourth-order valence-electron chi connectivity index (χ4n) is 2.23. The second-order valence-electron chi connectivity index (χ2n) is 5.86. The average Bonchev–Trinajstić information content (AvgIpc) is 2.60. The Hall–Kier alpha value is -2.53. The molecule has 26 heavy (non-hydrogen) atoms. The lowest BCUT2D eigenvalue weighted by atomic mass is 10.2. The number of halogens is 1. The molecule has 0 bridgehead atoms. The van der Waals surface area contributed by atoms with E-state index in [1.54, 1.807) is 6.07 Å². The lowest BCUT2D eigenvalue weighted by Gasteiger charge is -2.14. The molecular formula is C20H22ClNO4. The molecule has 0 aromatic heterocycles. The van der Waals surface area contributed by atoms with Crippen molar-refractivity contribution in [3.63, 3.8) is 0 Å². The number of carbonyl (C=O) groups excluding carboxylic acids is 2. The van der Waals surface area contributed by atoms with Gasteiger partial charge in [-0.15, -0.1) is 0 Å². The maximum absolute atomic E-state index is 12.0. The summed E-state index contributed by atoms with van der Waals surface area (Å²) in [6, 6.07) is 14.8. The van der Waals surface area contributed by atoms with E-state index in [1.807, 2.05) is 49.4 Å². The van der Waals surface area contributed by atoms with Crippen molar-refractivity contribution in [2.45, 2.75) is 32.9 Å². The minimum absolute atomic E-state index is 0.0656. The molecular weight excluding hydrogens is 354 g/mol. The summed E-state index contributed by atoms with van der Waals surface area (Å²) in [6.07, 6.45) is -0.820. The van der Waals surface area contributed by atoms with Crippen molar-refractivity contribution >= 4 is 23.5 Å². The molecule has 0 radical (unpaired) electrons. The third-order valence-corrected chi connectivity index (χ3v) is 4.02. The molecule has 0 heterocycles. The fraction of sp³-hybridized carbons (Fsp3) is 0.300. The van der Waals surface area contributed by atoms with E-state index in [0.717, 1.165) is 11.1 Å². The largest absolute Gasteiger partial charge is 0.493 e. The molecule has 1 atom stereocenters. The van der Waals surface area contributed by atoms with Crippen LogP contribution in [0.25, 0.3) is 0 Å². The highest BCUT2D eigenvalue weighted by Crippen LogP contribution is 2.14. The van der Waals surface area contributed by atoms with Gasteiger partial charge in [-0.25, -0.2) is 0 Å². The lowest BCUT2D eigenvalue weighted by molar-refractivity contribution is -0.155. The van der Waals surface area contributed by atoms with Crippen LogP contribution in [0.3, 0.4) is 0 Å².